The Morgan fingerprint density at radius 3 is 2.35 bits per heavy atom. The Balaban J connectivity index is 1.96. The van der Waals surface area contributed by atoms with Crippen LogP contribution in [0.5, 0.6) is 0 Å². The summed E-state index contributed by atoms with van der Waals surface area (Å²) in [5.41, 5.74) is 1.68. The lowest BCUT2D eigenvalue weighted by Gasteiger charge is -2.08. The lowest BCUT2D eigenvalue weighted by atomic mass is 10.2. The number of benzene rings is 1. The van der Waals surface area contributed by atoms with Crippen LogP contribution in [0.3, 0.4) is 0 Å². The third kappa shape index (κ3) is 5.07. The molecule has 23 heavy (non-hydrogen) atoms. The van der Waals surface area contributed by atoms with Crippen LogP contribution in [0, 0.1) is 0 Å². The van der Waals surface area contributed by atoms with Crippen LogP contribution in [0.1, 0.15) is 36.5 Å². The van der Waals surface area contributed by atoms with Gasteiger partial charge >= 0.3 is 0 Å². The number of halogens is 1. The Hall–Kier alpha value is -2.40. The summed E-state index contributed by atoms with van der Waals surface area (Å²) in [6.07, 6.45) is 5.29. The van der Waals surface area contributed by atoms with Crippen molar-refractivity contribution >= 4 is 34.8 Å². The summed E-state index contributed by atoms with van der Waals surface area (Å²) < 4.78 is 0. The van der Waals surface area contributed by atoms with Crippen LogP contribution in [-0.4, -0.2) is 16.8 Å². The van der Waals surface area contributed by atoms with Crippen molar-refractivity contribution in [1.82, 2.24) is 4.98 Å². The standard InChI is InChI=1S/C17H18ClN3O2/c1-2-3-4-16(22)20-12-5-7-13(8-6-12)21-17(23)14-9-10-19-11-15(14)18/h5-11H,2-4H2,1H3,(H,20,22)(H,21,23). The van der Waals surface area contributed by atoms with Gasteiger partial charge in [0, 0.05) is 30.2 Å². The molecule has 5 nitrogen and oxygen atoms in total. The van der Waals surface area contributed by atoms with Gasteiger partial charge < -0.3 is 10.6 Å². The van der Waals surface area contributed by atoms with Gasteiger partial charge in [-0.3, -0.25) is 14.6 Å². The van der Waals surface area contributed by atoms with Crippen molar-refractivity contribution < 1.29 is 9.59 Å². The van der Waals surface area contributed by atoms with E-state index >= 15 is 0 Å². The van der Waals surface area contributed by atoms with Gasteiger partial charge in [0.05, 0.1) is 10.6 Å². The second-order valence-electron chi connectivity index (χ2n) is 5.04. The molecular formula is C17H18ClN3O2. The van der Waals surface area contributed by atoms with E-state index in [9.17, 15) is 9.59 Å². The van der Waals surface area contributed by atoms with E-state index in [1.54, 1.807) is 30.3 Å². The summed E-state index contributed by atoms with van der Waals surface area (Å²) in [4.78, 5) is 27.6. The molecule has 0 aliphatic heterocycles. The summed E-state index contributed by atoms with van der Waals surface area (Å²) in [5, 5.41) is 5.86. The minimum atomic E-state index is -0.308. The molecule has 0 aliphatic carbocycles. The molecule has 0 aliphatic rings. The molecule has 2 rings (SSSR count). The highest BCUT2D eigenvalue weighted by Gasteiger charge is 2.10. The van der Waals surface area contributed by atoms with Crippen molar-refractivity contribution in [3.63, 3.8) is 0 Å². The molecular weight excluding hydrogens is 314 g/mol. The number of hydrogen-bond donors (Lipinski definition) is 2. The van der Waals surface area contributed by atoms with Gasteiger partial charge in [-0.05, 0) is 36.8 Å². The molecule has 1 heterocycles. The first-order valence-corrected chi connectivity index (χ1v) is 7.78. The van der Waals surface area contributed by atoms with E-state index in [0.717, 1.165) is 12.8 Å². The zero-order valence-corrected chi connectivity index (χ0v) is 13.6. The van der Waals surface area contributed by atoms with Gasteiger partial charge in [-0.1, -0.05) is 24.9 Å². The predicted molar refractivity (Wildman–Crippen MR) is 91.8 cm³/mol. The second-order valence-corrected chi connectivity index (χ2v) is 5.45. The summed E-state index contributed by atoms with van der Waals surface area (Å²) in [5.74, 6) is -0.315. The topological polar surface area (TPSA) is 71.1 Å². The lowest BCUT2D eigenvalue weighted by Crippen LogP contribution is -2.13. The van der Waals surface area contributed by atoms with E-state index in [1.165, 1.54) is 12.4 Å². The van der Waals surface area contributed by atoms with Gasteiger partial charge in [0.2, 0.25) is 5.91 Å². The minimum absolute atomic E-state index is 0.00722. The third-order valence-electron chi connectivity index (χ3n) is 3.20. The maximum Gasteiger partial charge on any atom is 0.257 e. The van der Waals surface area contributed by atoms with Crippen LogP contribution in [0.25, 0.3) is 0 Å². The number of carbonyl (C=O) groups is 2. The number of aromatic nitrogens is 1. The zero-order valence-electron chi connectivity index (χ0n) is 12.8. The second kappa shape index (κ2) is 8.29. The Morgan fingerprint density at radius 1 is 1.09 bits per heavy atom. The van der Waals surface area contributed by atoms with Gasteiger partial charge in [-0.2, -0.15) is 0 Å². The van der Waals surface area contributed by atoms with Crippen molar-refractivity contribution in [3.8, 4) is 0 Å². The number of pyridine rings is 1. The normalized spacial score (nSPS) is 10.2. The molecule has 0 atom stereocenters. The number of anilines is 2. The molecule has 0 spiro atoms. The first kappa shape index (κ1) is 17.0. The highest BCUT2D eigenvalue weighted by molar-refractivity contribution is 6.34. The monoisotopic (exact) mass is 331 g/mol. The summed E-state index contributed by atoms with van der Waals surface area (Å²) >= 11 is 5.94. The number of amides is 2. The number of carbonyl (C=O) groups excluding carboxylic acids is 2. The summed E-state index contributed by atoms with van der Waals surface area (Å²) in [6, 6.07) is 8.49. The van der Waals surface area contributed by atoms with Gasteiger partial charge in [0.25, 0.3) is 5.91 Å². The molecule has 1 aromatic carbocycles. The minimum Gasteiger partial charge on any atom is -0.326 e. The number of hydrogen-bond acceptors (Lipinski definition) is 3. The van der Waals surface area contributed by atoms with Gasteiger partial charge in [0.1, 0.15) is 0 Å². The molecule has 0 fully saturated rings. The van der Waals surface area contributed by atoms with Crippen LogP contribution in [0.15, 0.2) is 42.7 Å². The Kier molecular flexibility index (Phi) is 6.11. The molecule has 2 amide bonds. The van der Waals surface area contributed by atoms with Crippen LogP contribution in [0.4, 0.5) is 11.4 Å². The predicted octanol–water partition coefficient (Wildman–Crippen LogP) is 4.12. The van der Waals surface area contributed by atoms with E-state index in [0.29, 0.717) is 28.4 Å². The number of nitrogens with zero attached hydrogens (tertiary/aromatic N) is 1. The Labute approximate surface area is 140 Å². The van der Waals surface area contributed by atoms with E-state index < -0.39 is 0 Å². The average molecular weight is 332 g/mol. The molecule has 0 bridgehead atoms. The SMILES string of the molecule is CCCCC(=O)Nc1ccc(NC(=O)c2ccncc2Cl)cc1. The fraction of sp³-hybridized carbons (Fsp3) is 0.235. The van der Waals surface area contributed by atoms with Crippen molar-refractivity contribution in [3.05, 3.63) is 53.3 Å². The van der Waals surface area contributed by atoms with Crippen molar-refractivity contribution in [2.24, 2.45) is 0 Å². The molecule has 0 unspecified atom stereocenters. The molecule has 0 radical (unpaired) electrons. The third-order valence-corrected chi connectivity index (χ3v) is 3.50. The number of rotatable bonds is 6. The summed E-state index contributed by atoms with van der Waals surface area (Å²) in [7, 11) is 0. The lowest BCUT2D eigenvalue weighted by molar-refractivity contribution is -0.116. The summed E-state index contributed by atoms with van der Waals surface area (Å²) in [6.45, 7) is 2.04. The van der Waals surface area contributed by atoms with E-state index in [1.807, 2.05) is 6.92 Å². The number of nitrogens with one attached hydrogen (secondary N) is 2. The maximum absolute atomic E-state index is 12.1. The van der Waals surface area contributed by atoms with Crippen LogP contribution >= 0.6 is 11.6 Å². The number of unbranched alkanes of at least 4 members (excludes halogenated alkanes) is 1. The van der Waals surface area contributed by atoms with Crippen molar-refractivity contribution in [2.45, 2.75) is 26.2 Å². The van der Waals surface area contributed by atoms with Crippen LogP contribution in [0.2, 0.25) is 5.02 Å². The first-order chi connectivity index (χ1) is 11.1. The molecule has 0 saturated heterocycles. The molecule has 2 N–H and O–H groups in total. The van der Waals surface area contributed by atoms with Gasteiger partial charge in [-0.15, -0.1) is 0 Å². The van der Waals surface area contributed by atoms with E-state index in [4.69, 9.17) is 11.6 Å². The van der Waals surface area contributed by atoms with Crippen LogP contribution < -0.4 is 10.6 Å². The van der Waals surface area contributed by atoms with Gasteiger partial charge in [0.15, 0.2) is 0 Å². The molecule has 6 heteroatoms. The van der Waals surface area contributed by atoms with Crippen molar-refractivity contribution in [2.75, 3.05) is 10.6 Å². The molecule has 120 valence electrons. The largest absolute Gasteiger partial charge is 0.326 e. The molecule has 2 aromatic rings. The highest BCUT2D eigenvalue weighted by Crippen LogP contribution is 2.18. The van der Waals surface area contributed by atoms with Crippen LogP contribution in [-0.2, 0) is 4.79 Å². The highest BCUT2D eigenvalue weighted by atomic mass is 35.5. The zero-order chi connectivity index (χ0) is 16.7. The van der Waals surface area contributed by atoms with Gasteiger partial charge in [-0.25, -0.2) is 0 Å². The average Bonchev–Trinajstić information content (AvgIpc) is 2.55. The first-order valence-electron chi connectivity index (χ1n) is 7.41. The fourth-order valence-electron chi connectivity index (χ4n) is 1.96. The van der Waals surface area contributed by atoms with E-state index in [-0.39, 0.29) is 11.8 Å². The maximum atomic E-state index is 12.1. The Morgan fingerprint density at radius 2 is 1.74 bits per heavy atom. The fourth-order valence-corrected chi connectivity index (χ4v) is 2.16. The molecule has 0 saturated carbocycles. The van der Waals surface area contributed by atoms with E-state index in [2.05, 4.69) is 15.6 Å². The quantitative estimate of drug-likeness (QED) is 0.836. The smallest absolute Gasteiger partial charge is 0.257 e. The molecule has 1 aromatic heterocycles. The van der Waals surface area contributed by atoms with Crippen molar-refractivity contribution in [1.29, 1.82) is 0 Å². The Bertz CT molecular complexity index is 686.